The molecule has 0 saturated carbocycles. The molecular formula is C14H21FN2O. The van der Waals surface area contributed by atoms with Gasteiger partial charge in [0, 0.05) is 18.6 Å². The number of piperidine rings is 1. The lowest BCUT2D eigenvalue weighted by Gasteiger charge is -2.38. The van der Waals surface area contributed by atoms with E-state index in [1.165, 1.54) is 12.1 Å². The zero-order chi connectivity index (χ0) is 13.1. The van der Waals surface area contributed by atoms with Crippen LogP contribution in [0.3, 0.4) is 0 Å². The molecule has 1 aromatic carbocycles. The number of likely N-dealkylation sites (tertiary alicyclic amines) is 1. The molecule has 2 rings (SSSR count). The first-order valence-electron chi connectivity index (χ1n) is 6.51. The Balaban J connectivity index is 2.22. The predicted molar refractivity (Wildman–Crippen MR) is 69.6 cm³/mol. The number of hydrogen-bond donors (Lipinski definition) is 2. The van der Waals surface area contributed by atoms with Crippen molar-refractivity contribution in [2.75, 3.05) is 13.1 Å². The summed E-state index contributed by atoms with van der Waals surface area (Å²) in [6.45, 7) is 3.44. The van der Waals surface area contributed by atoms with Gasteiger partial charge in [0.05, 0.1) is 6.10 Å². The fraction of sp³-hybridized carbons (Fsp3) is 0.571. The van der Waals surface area contributed by atoms with Crippen LogP contribution in [0.5, 0.6) is 0 Å². The van der Waals surface area contributed by atoms with E-state index in [0.29, 0.717) is 6.54 Å². The normalized spacial score (nSPS) is 24.8. The molecule has 3 nitrogen and oxygen atoms in total. The molecule has 1 aliphatic rings. The van der Waals surface area contributed by atoms with Gasteiger partial charge in [-0.2, -0.15) is 0 Å². The minimum atomic E-state index is -0.298. The number of benzene rings is 1. The van der Waals surface area contributed by atoms with Gasteiger partial charge >= 0.3 is 0 Å². The molecule has 3 atom stereocenters. The van der Waals surface area contributed by atoms with Crippen LogP contribution < -0.4 is 5.73 Å². The molecule has 18 heavy (non-hydrogen) atoms. The van der Waals surface area contributed by atoms with E-state index in [1.54, 1.807) is 6.07 Å². The second kappa shape index (κ2) is 5.78. The largest absolute Gasteiger partial charge is 0.392 e. The maximum atomic E-state index is 13.3. The molecule has 1 fully saturated rings. The molecule has 0 aromatic heterocycles. The van der Waals surface area contributed by atoms with Crippen molar-refractivity contribution in [3.63, 3.8) is 0 Å². The van der Waals surface area contributed by atoms with E-state index in [0.717, 1.165) is 24.9 Å². The molecule has 0 radical (unpaired) electrons. The molecule has 1 heterocycles. The second-order valence-corrected chi connectivity index (χ2v) is 5.15. The third kappa shape index (κ3) is 3.07. The van der Waals surface area contributed by atoms with Crippen LogP contribution >= 0.6 is 0 Å². The average Bonchev–Trinajstić information content (AvgIpc) is 2.28. The van der Waals surface area contributed by atoms with Crippen molar-refractivity contribution in [3.8, 4) is 0 Å². The van der Waals surface area contributed by atoms with Gasteiger partial charge in [-0.1, -0.05) is 12.1 Å². The van der Waals surface area contributed by atoms with E-state index in [1.807, 2.05) is 13.0 Å². The lowest BCUT2D eigenvalue weighted by atomic mass is 9.96. The standard InChI is InChI=1S/C14H21FN2O/c1-10(16)14(11-4-2-5-12(15)8-11)17-7-3-6-13(18)9-17/h2,4-5,8,10,13-14,18H,3,6-7,9,16H2,1H3. The van der Waals surface area contributed by atoms with Crippen molar-refractivity contribution in [1.29, 1.82) is 0 Å². The zero-order valence-electron chi connectivity index (χ0n) is 10.7. The van der Waals surface area contributed by atoms with Gasteiger partial charge < -0.3 is 10.8 Å². The summed E-state index contributed by atoms with van der Waals surface area (Å²) in [6, 6.07) is 6.45. The first-order chi connectivity index (χ1) is 8.58. The van der Waals surface area contributed by atoms with Crippen molar-refractivity contribution < 1.29 is 9.50 Å². The average molecular weight is 252 g/mol. The highest BCUT2D eigenvalue weighted by atomic mass is 19.1. The van der Waals surface area contributed by atoms with E-state index in [-0.39, 0.29) is 24.0 Å². The minimum Gasteiger partial charge on any atom is -0.392 e. The predicted octanol–water partition coefficient (Wildman–Crippen LogP) is 1.67. The van der Waals surface area contributed by atoms with Crippen molar-refractivity contribution in [3.05, 3.63) is 35.6 Å². The summed E-state index contributed by atoms with van der Waals surface area (Å²) in [7, 11) is 0. The fourth-order valence-electron chi connectivity index (χ4n) is 2.77. The van der Waals surface area contributed by atoms with E-state index in [4.69, 9.17) is 5.73 Å². The van der Waals surface area contributed by atoms with Crippen LogP contribution in [0, 0.1) is 5.82 Å². The summed E-state index contributed by atoms with van der Waals surface area (Å²) in [4.78, 5) is 2.16. The number of halogens is 1. The molecule has 1 aliphatic heterocycles. The number of aliphatic hydroxyl groups is 1. The van der Waals surface area contributed by atoms with Crippen molar-refractivity contribution in [2.24, 2.45) is 5.73 Å². The summed E-state index contributed by atoms with van der Waals surface area (Å²) < 4.78 is 13.3. The third-order valence-corrected chi connectivity index (χ3v) is 3.51. The lowest BCUT2D eigenvalue weighted by Crippen LogP contribution is -2.46. The first kappa shape index (κ1) is 13.5. The van der Waals surface area contributed by atoms with Gasteiger partial charge in [-0.05, 0) is 44.0 Å². The summed E-state index contributed by atoms with van der Waals surface area (Å²) >= 11 is 0. The van der Waals surface area contributed by atoms with Gasteiger partial charge in [0.2, 0.25) is 0 Å². The van der Waals surface area contributed by atoms with Gasteiger partial charge in [-0.15, -0.1) is 0 Å². The Hall–Kier alpha value is -0.970. The topological polar surface area (TPSA) is 49.5 Å². The maximum absolute atomic E-state index is 13.3. The molecule has 0 amide bonds. The Morgan fingerprint density at radius 1 is 1.50 bits per heavy atom. The van der Waals surface area contributed by atoms with Gasteiger partial charge in [-0.25, -0.2) is 4.39 Å². The SMILES string of the molecule is CC(N)C(c1cccc(F)c1)N1CCCC(O)C1. The van der Waals surface area contributed by atoms with E-state index >= 15 is 0 Å². The van der Waals surface area contributed by atoms with Crippen LogP contribution in [0.25, 0.3) is 0 Å². The van der Waals surface area contributed by atoms with Crippen LogP contribution in [-0.4, -0.2) is 35.2 Å². The highest BCUT2D eigenvalue weighted by Gasteiger charge is 2.28. The van der Waals surface area contributed by atoms with Gasteiger partial charge in [0.1, 0.15) is 5.82 Å². The Bertz CT molecular complexity index is 397. The molecule has 0 spiro atoms. The van der Waals surface area contributed by atoms with Crippen molar-refractivity contribution >= 4 is 0 Å². The van der Waals surface area contributed by atoms with Crippen LogP contribution in [0.4, 0.5) is 4.39 Å². The maximum Gasteiger partial charge on any atom is 0.123 e. The van der Waals surface area contributed by atoms with E-state index < -0.39 is 0 Å². The molecule has 1 saturated heterocycles. The molecule has 0 aliphatic carbocycles. The molecule has 3 N–H and O–H groups in total. The smallest absolute Gasteiger partial charge is 0.123 e. The first-order valence-corrected chi connectivity index (χ1v) is 6.51. The van der Waals surface area contributed by atoms with Gasteiger partial charge in [0.15, 0.2) is 0 Å². The van der Waals surface area contributed by atoms with E-state index in [9.17, 15) is 9.50 Å². The van der Waals surface area contributed by atoms with Crippen molar-refractivity contribution in [1.82, 2.24) is 4.90 Å². The minimum absolute atomic E-state index is 0.0318. The number of β-amino-alcohol motifs (C(OH)–C–C–N with tert-alkyl or cyclic N) is 1. The molecule has 3 unspecified atom stereocenters. The number of nitrogens with two attached hydrogens (primary N) is 1. The molecule has 0 bridgehead atoms. The summed E-state index contributed by atoms with van der Waals surface area (Å²) in [5.74, 6) is -0.240. The number of rotatable bonds is 3. The van der Waals surface area contributed by atoms with Crippen LogP contribution in [-0.2, 0) is 0 Å². The molecule has 100 valence electrons. The van der Waals surface area contributed by atoms with E-state index in [2.05, 4.69) is 4.90 Å². The number of hydrogen-bond acceptors (Lipinski definition) is 3. The Kier molecular flexibility index (Phi) is 4.32. The molecule has 4 heteroatoms. The molecule has 1 aromatic rings. The number of aliphatic hydroxyl groups excluding tert-OH is 1. The summed E-state index contributed by atoms with van der Waals surface area (Å²) in [5, 5.41) is 9.76. The lowest BCUT2D eigenvalue weighted by molar-refractivity contribution is 0.0404. The highest BCUT2D eigenvalue weighted by Crippen LogP contribution is 2.27. The van der Waals surface area contributed by atoms with Crippen LogP contribution in [0.2, 0.25) is 0 Å². The Labute approximate surface area is 107 Å². The van der Waals surface area contributed by atoms with Crippen LogP contribution in [0.15, 0.2) is 24.3 Å². The second-order valence-electron chi connectivity index (χ2n) is 5.15. The fourth-order valence-corrected chi connectivity index (χ4v) is 2.77. The monoisotopic (exact) mass is 252 g/mol. The quantitative estimate of drug-likeness (QED) is 0.860. The van der Waals surface area contributed by atoms with Gasteiger partial charge in [0.25, 0.3) is 0 Å². The highest BCUT2D eigenvalue weighted by molar-refractivity contribution is 5.22. The Morgan fingerprint density at radius 2 is 2.28 bits per heavy atom. The van der Waals surface area contributed by atoms with Crippen molar-refractivity contribution in [2.45, 2.75) is 38.0 Å². The summed E-state index contributed by atoms with van der Waals surface area (Å²) in [5.41, 5.74) is 6.94. The Morgan fingerprint density at radius 3 is 2.89 bits per heavy atom. The third-order valence-electron chi connectivity index (χ3n) is 3.51. The van der Waals surface area contributed by atoms with Crippen LogP contribution in [0.1, 0.15) is 31.4 Å². The zero-order valence-corrected chi connectivity index (χ0v) is 10.7. The molecular weight excluding hydrogens is 231 g/mol. The number of nitrogens with zero attached hydrogens (tertiary/aromatic N) is 1. The van der Waals surface area contributed by atoms with Gasteiger partial charge in [-0.3, -0.25) is 4.90 Å². The summed E-state index contributed by atoms with van der Waals surface area (Å²) in [6.07, 6.45) is 1.50.